The number of methoxy groups -OCH3 is 3. The zero-order valence-corrected chi connectivity index (χ0v) is 12.2. The van der Waals surface area contributed by atoms with Gasteiger partial charge in [-0.2, -0.15) is 0 Å². The fraction of sp³-hybridized carbons (Fsp3) is 0.200. The molecule has 0 radical (unpaired) electrons. The zero-order chi connectivity index (χ0) is 16.3. The van der Waals surface area contributed by atoms with Gasteiger partial charge in [-0.15, -0.1) is 0 Å². The smallest absolute Gasteiger partial charge is 0.383 e. The van der Waals surface area contributed by atoms with E-state index < -0.39 is 17.7 Å². The summed E-state index contributed by atoms with van der Waals surface area (Å²) in [5.41, 5.74) is 0.374. The predicted molar refractivity (Wildman–Crippen MR) is 74.7 cm³/mol. The van der Waals surface area contributed by atoms with Crippen molar-refractivity contribution in [3.63, 3.8) is 0 Å². The molecular weight excluding hydrogens is 292 g/mol. The number of aliphatic hydroxyl groups excluding tert-OH is 1. The van der Waals surface area contributed by atoms with E-state index in [1.807, 2.05) is 0 Å². The average Bonchev–Trinajstić information content (AvgIpc) is 2.82. The van der Waals surface area contributed by atoms with E-state index in [1.165, 1.54) is 21.3 Å². The first-order valence-electron chi connectivity index (χ1n) is 6.20. The summed E-state index contributed by atoms with van der Waals surface area (Å²) in [5, 5.41) is 9.63. The van der Waals surface area contributed by atoms with Crippen LogP contribution in [0.5, 0.6) is 5.75 Å². The fourth-order valence-corrected chi connectivity index (χ4v) is 1.94. The lowest BCUT2D eigenvalue weighted by Crippen LogP contribution is -2.09. The molecule has 2 rings (SSSR count). The number of carbonyl (C=O) groups excluding carboxylic acids is 2. The molecule has 0 unspecified atom stereocenters. The molecule has 1 N–H and O–H groups in total. The highest BCUT2D eigenvalue weighted by molar-refractivity contribution is 6.19. The van der Waals surface area contributed by atoms with Crippen LogP contribution in [0.15, 0.2) is 41.5 Å². The van der Waals surface area contributed by atoms with Crippen molar-refractivity contribution in [2.75, 3.05) is 21.3 Å². The molecule has 0 bridgehead atoms. The molecule has 0 spiro atoms. The van der Waals surface area contributed by atoms with Crippen molar-refractivity contribution in [2.24, 2.45) is 0 Å². The lowest BCUT2D eigenvalue weighted by molar-refractivity contribution is -0.136. The first-order chi connectivity index (χ1) is 10.5. The Morgan fingerprint density at radius 1 is 1.09 bits per heavy atom. The minimum absolute atomic E-state index is 0.0422. The Balaban J connectivity index is 2.62. The highest BCUT2D eigenvalue weighted by Gasteiger charge is 2.36. The first kappa shape index (κ1) is 15.4. The number of esters is 2. The maximum Gasteiger partial charge on any atom is 0.383 e. The topological polar surface area (TPSA) is 91.3 Å². The molecule has 0 saturated heterocycles. The number of hydrogen-bond acceptors (Lipinski definition) is 7. The van der Waals surface area contributed by atoms with Crippen molar-refractivity contribution in [3.8, 4) is 5.75 Å². The van der Waals surface area contributed by atoms with E-state index in [-0.39, 0.29) is 17.1 Å². The van der Waals surface area contributed by atoms with Gasteiger partial charge in [-0.3, -0.25) is 0 Å². The minimum Gasteiger partial charge on any atom is -0.499 e. The molecule has 0 aromatic heterocycles. The van der Waals surface area contributed by atoms with Crippen LogP contribution in [0.2, 0.25) is 0 Å². The van der Waals surface area contributed by atoms with Crippen molar-refractivity contribution < 1.29 is 33.6 Å². The summed E-state index contributed by atoms with van der Waals surface area (Å²) >= 11 is 0. The summed E-state index contributed by atoms with van der Waals surface area (Å²) in [7, 11) is 3.95. The lowest BCUT2D eigenvalue weighted by atomic mass is 10.0. The van der Waals surface area contributed by atoms with Crippen molar-refractivity contribution in [1.82, 2.24) is 0 Å². The van der Waals surface area contributed by atoms with E-state index in [1.54, 1.807) is 24.3 Å². The van der Waals surface area contributed by atoms with Crippen LogP contribution in [-0.2, 0) is 23.8 Å². The van der Waals surface area contributed by atoms with Crippen LogP contribution < -0.4 is 4.74 Å². The van der Waals surface area contributed by atoms with Gasteiger partial charge in [0.25, 0.3) is 0 Å². The second-order valence-electron chi connectivity index (χ2n) is 4.20. The van der Waals surface area contributed by atoms with Gasteiger partial charge in [0.2, 0.25) is 11.5 Å². The third-order valence-corrected chi connectivity index (χ3v) is 3.01. The van der Waals surface area contributed by atoms with Crippen LogP contribution in [0.25, 0.3) is 5.57 Å². The molecular formula is C15H14O7. The normalized spacial score (nSPS) is 16.2. The Morgan fingerprint density at radius 2 is 1.73 bits per heavy atom. The Hall–Kier alpha value is -2.96. The van der Waals surface area contributed by atoms with E-state index in [0.717, 1.165) is 0 Å². The molecule has 1 heterocycles. The van der Waals surface area contributed by atoms with E-state index in [0.29, 0.717) is 11.3 Å². The molecule has 22 heavy (non-hydrogen) atoms. The number of carbonyl (C=O) groups is 2. The number of hydrogen-bond donors (Lipinski definition) is 1. The highest BCUT2D eigenvalue weighted by Crippen LogP contribution is 2.33. The van der Waals surface area contributed by atoms with E-state index in [2.05, 4.69) is 0 Å². The van der Waals surface area contributed by atoms with Crippen LogP contribution in [0, 0.1) is 0 Å². The third-order valence-electron chi connectivity index (χ3n) is 3.01. The van der Waals surface area contributed by atoms with Gasteiger partial charge in [-0.1, -0.05) is 12.1 Å². The van der Waals surface area contributed by atoms with Gasteiger partial charge < -0.3 is 24.1 Å². The molecule has 1 aromatic carbocycles. The number of benzene rings is 1. The summed E-state index contributed by atoms with van der Waals surface area (Å²) in [6, 6.07) is 6.44. The molecule has 1 aliphatic heterocycles. The standard InChI is InChI=1S/C15H14O7/c1-19-9-6-4-8(5-7-9)10(14(17)21-3)12-13(20-2)11(16)15(18)22-12/h4-7,16H,1-3H3/b12-10+. The number of aliphatic hydroxyl groups is 1. The van der Waals surface area contributed by atoms with Crippen LogP contribution in [-0.4, -0.2) is 38.4 Å². The molecule has 0 saturated carbocycles. The van der Waals surface area contributed by atoms with Crippen molar-refractivity contribution in [1.29, 1.82) is 0 Å². The van der Waals surface area contributed by atoms with Crippen LogP contribution >= 0.6 is 0 Å². The lowest BCUT2D eigenvalue weighted by Gasteiger charge is -2.11. The molecule has 7 nitrogen and oxygen atoms in total. The minimum atomic E-state index is -0.998. The van der Waals surface area contributed by atoms with Gasteiger partial charge in [0.1, 0.15) is 11.3 Å². The van der Waals surface area contributed by atoms with Crippen molar-refractivity contribution >= 4 is 17.5 Å². The van der Waals surface area contributed by atoms with Gasteiger partial charge >= 0.3 is 11.9 Å². The Morgan fingerprint density at radius 3 is 2.23 bits per heavy atom. The number of rotatable bonds is 4. The van der Waals surface area contributed by atoms with Crippen LogP contribution in [0.4, 0.5) is 0 Å². The molecule has 0 amide bonds. The molecule has 7 heteroatoms. The highest BCUT2D eigenvalue weighted by atomic mass is 16.6. The number of cyclic esters (lactones) is 1. The third kappa shape index (κ3) is 2.60. The fourth-order valence-electron chi connectivity index (χ4n) is 1.94. The SMILES string of the molecule is COC(=O)/C(=C1/OC(=O)C(O)=C1OC)c1ccc(OC)cc1. The molecule has 116 valence electrons. The second kappa shape index (κ2) is 6.21. The van der Waals surface area contributed by atoms with Gasteiger partial charge in [0.15, 0.2) is 5.76 Å². The predicted octanol–water partition coefficient (Wildman–Crippen LogP) is 1.55. The van der Waals surface area contributed by atoms with Gasteiger partial charge in [-0.25, -0.2) is 9.59 Å². The van der Waals surface area contributed by atoms with Crippen LogP contribution in [0.1, 0.15) is 5.56 Å². The van der Waals surface area contributed by atoms with Gasteiger partial charge in [0.05, 0.1) is 21.3 Å². The Labute approximate surface area is 126 Å². The maximum atomic E-state index is 12.1. The summed E-state index contributed by atoms with van der Waals surface area (Å²) in [6.45, 7) is 0. The molecule has 0 fully saturated rings. The Bertz CT molecular complexity index is 668. The van der Waals surface area contributed by atoms with E-state index in [9.17, 15) is 14.7 Å². The first-order valence-corrected chi connectivity index (χ1v) is 6.20. The molecule has 0 aliphatic carbocycles. The molecule has 1 aliphatic rings. The van der Waals surface area contributed by atoms with Crippen molar-refractivity contribution in [2.45, 2.75) is 0 Å². The second-order valence-corrected chi connectivity index (χ2v) is 4.20. The average molecular weight is 306 g/mol. The molecule has 1 aromatic rings. The van der Waals surface area contributed by atoms with E-state index >= 15 is 0 Å². The van der Waals surface area contributed by atoms with E-state index in [4.69, 9.17) is 18.9 Å². The Kier molecular flexibility index (Phi) is 4.36. The van der Waals surface area contributed by atoms with Gasteiger partial charge in [-0.05, 0) is 17.7 Å². The summed E-state index contributed by atoms with van der Waals surface area (Å²) in [5.74, 6) is -2.26. The largest absolute Gasteiger partial charge is 0.499 e. The zero-order valence-electron chi connectivity index (χ0n) is 12.2. The van der Waals surface area contributed by atoms with Crippen LogP contribution in [0.3, 0.4) is 0 Å². The quantitative estimate of drug-likeness (QED) is 0.666. The monoisotopic (exact) mass is 306 g/mol. The summed E-state index contributed by atoms with van der Waals surface area (Å²) < 4.78 is 19.6. The van der Waals surface area contributed by atoms with Crippen molar-refractivity contribution in [3.05, 3.63) is 47.1 Å². The van der Waals surface area contributed by atoms with Gasteiger partial charge in [0, 0.05) is 0 Å². The summed E-state index contributed by atoms with van der Waals surface area (Å²) in [6.07, 6.45) is 0. The number of ether oxygens (including phenoxy) is 4. The maximum absolute atomic E-state index is 12.1. The molecule has 0 atom stereocenters. The summed E-state index contributed by atoms with van der Waals surface area (Å²) in [4.78, 5) is 23.6.